The van der Waals surface area contributed by atoms with E-state index in [1.165, 1.54) is 12.2 Å². The van der Waals surface area contributed by atoms with Gasteiger partial charge in [-0.25, -0.2) is 9.59 Å². The molecular formula is C40H46O7. The molecule has 0 N–H and O–H groups in total. The summed E-state index contributed by atoms with van der Waals surface area (Å²) in [7, 11) is 0. The summed E-state index contributed by atoms with van der Waals surface area (Å²) in [6.45, 7) is 11.7. The van der Waals surface area contributed by atoms with Gasteiger partial charge in [0.05, 0.1) is 0 Å². The molecule has 7 heteroatoms. The van der Waals surface area contributed by atoms with E-state index in [0.29, 0.717) is 35.8 Å². The van der Waals surface area contributed by atoms with Gasteiger partial charge in [-0.1, -0.05) is 95.2 Å². The largest absolute Gasteiger partial charge is 0.488 e. The molecule has 47 heavy (non-hydrogen) atoms. The van der Waals surface area contributed by atoms with Gasteiger partial charge in [0.25, 0.3) is 0 Å². The molecule has 4 rings (SSSR count). The number of unbranched alkanes of at least 4 members (excludes halogenated alkanes) is 4. The lowest BCUT2D eigenvalue weighted by Gasteiger charge is -2.23. The highest BCUT2D eigenvalue weighted by Gasteiger charge is 2.22. The van der Waals surface area contributed by atoms with Crippen LogP contribution in [0.1, 0.15) is 65.2 Å². The zero-order valence-corrected chi connectivity index (χ0v) is 27.6. The Labute approximate surface area is 278 Å². The highest BCUT2D eigenvalue weighted by molar-refractivity contribution is 6.11. The van der Waals surface area contributed by atoms with Crippen molar-refractivity contribution in [2.24, 2.45) is 0 Å². The first kappa shape index (κ1) is 35.1. The smallest absolute Gasteiger partial charge is 0.330 e. The normalized spacial score (nSPS) is 12.2. The Kier molecular flexibility index (Phi) is 13.7. The van der Waals surface area contributed by atoms with Crippen molar-refractivity contribution in [3.63, 3.8) is 0 Å². The van der Waals surface area contributed by atoms with Gasteiger partial charge in [-0.2, -0.15) is 0 Å². The number of hydrogen-bond donors (Lipinski definition) is 0. The summed E-state index contributed by atoms with van der Waals surface area (Å²) < 4.78 is 30.7. The van der Waals surface area contributed by atoms with Gasteiger partial charge in [0, 0.05) is 33.7 Å². The van der Waals surface area contributed by atoms with Crippen molar-refractivity contribution in [3.8, 4) is 23.0 Å². The molecular weight excluding hydrogens is 592 g/mol. The van der Waals surface area contributed by atoms with E-state index in [9.17, 15) is 9.59 Å². The summed E-state index contributed by atoms with van der Waals surface area (Å²) in [4.78, 5) is 24.3. The molecule has 0 fully saturated rings. The Morgan fingerprint density at radius 1 is 0.617 bits per heavy atom. The predicted octanol–water partition coefficient (Wildman–Crippen LogP) is 9.90. The minimum absolute atomic E-state index is 0.170. The van der Waals surface area contributed by atoms with Gasteiger partial charge in [-0.05, 0) is 56.0 Å². The molecule has 248 valence electrons. The summed E-state index contributed by atoms with van der Waals surface area (Å²) in [5.74, 6) is 1.68. The number of benzene rings is 4. The number of carbonyl (C=O) groups is 2. The first-order valence-corrected chi connectivity index (χ1v) is 16.6. The minimum Gasteiger partial charge on any atom is -0.488 e. The molecule has 0 bridgehead atoms. The van der Waals surface area contributed by atoms with Crippen LogP contribution >= 0.6 is 0 Å². The number of fused-ring (bicyclic) bond motifs is 2. The molecule has 7 nitrogen and oxygen atoms in total. The molecule has 0 aliphatic rings. The van der Waals surface area contributed by atoms with E-state index in [2.05, 4.69) is 27.0 Å². The third-order valence-corrected chi connectivity index (χ3v) is 7.86. The van der Waals surface area contributed by atoms with Crippen LogP contribution in [-0.4, -0.2) is 37.4 Å². The predicted molar refractivity (Wildman–Crippen MR) is 187 cm³/mol. The summed E-state index contributed by atoms with van der Waals surface area (Å²) in [6.07, 6.45) is 8.84. The topological polar surface area (TPSA) is 80.3 Å². The Morgan fingerprint density at radius 3 is 1.62 bits per heavy atom. The van der Waals surface area contributed by atoms with E-state index in [0.717, 1.165) is 60.1 Å². The van der Waals surface area contributed by atoms with Crippen LogP contribution in [0.3, 0.4) is 0 Å². The van der Waals surface area contributed by atoms with Crippen molar-refractivity contribution in [2.75, 3.05) is 13.2 Å². The molecule has 4 aromatic carbocycles. The molecule has 0 radical (unpaired) electrons. The van der Waals surface area contributed by atoms with Crippen LogP contribution in [0.25, 0.3) is 21.5 Å². The number of para-hydroxylation sites is 1. The fourth-order valence-corrected chi connectivity index (χ4v) is 5.45. The summed E-state index contributed by atoms with van der Waals surface area (Å²) in [6, 6.07) is 23.2. The Morgan fingerprint density at radius 2 is 1.11 bits per heavy atom. The van der Waals surface area contributed by atoms with Crippen molar-refractivity contribution in [2.45, 2.75) is 77.4 Å². The SMILES string of the molecule is C=CC(=O)OC(CCCCC)COc1c2ccccc2c(OCC(CCCCC)OC(=O)C=C)c2cc(Oc3ccccc3)ccc12. The maximum Gasteiger partial charge on any atom is 0.330 e. The van der Waals surface area contributed by atoms with E-state index in [1.54, 1.807) is 0 Å². The summed E-state index contributed by atoms with van der Waals surface area (Å²) in [5.41, 5.74) is 0. The molecule has 4 aromatic rings. The van der Waals surface area contributed by atoms with Crippen molar-refractivity contribution in [1.82, 2.24) is 0 Å². The quantitative estimate of drug-likeness (QED) is 0.0412. The standard InChI is InChI=1S/C40H46O7/c1-5-9-12-20-31(46-37(41)7-3)27-43-39-33-22-16-17-23-34(33)40(44-28-32(21-13-10-6-2)47-38(42)8-4)36-26-30(24-25-35(36)39)45-29-18-14-11-15-19-29/h7-8,11,14-19,22-26,31-32H,3-6,9-10,12-13,20-21,27-28H2,1-2H3. The Balaban J connectivity index is 1.77. The highest BCUT2D eigenvalue weighted by atomic mass is 16.6. The van der Waals surface area contributed by atoms with Crippen LogP contribution in [0.2, 0.25) is 0 Å². The van der Waals surface area contributed by atoms with Crippen molar-refractivity contribution in [3.05, 3.63) is 98.1 Å². The first-order valence-electron chi connectivity index (χ1n) is 16.6. The average molecular weight is 639 g/mol. The van der Waals surface area contributed by atoms with E-state index in [-0.39, 0.29) is 13.2 Å². The van der Waals surface area contributed by atoms with Crippen LogP contribution in [0.5, 0.6) is 23.0 Å². The second-order valence-electron chi connectivity index (χ2n) is 11.5. The molecule has 0 aromatic heterocycles. The molecule has 0 saturated carbocycles. The lowest BCUT2D eigenvalue weighted by atomic mass is 10.00. The molecule has 0 saturated heterocycles. The Bertz CT molecular complexity index is 1630. The lowest BCUT2D eigenvalue weighted by molar-refractivity contribution is -0.145. The number of rotatable bonds is 20. The number of carbonyl (C=O) groups excluding carboxylic acids is 2. The summed E-state index contributed by atoms with van der Waals surface area (Å²) >= 11 is 0. The van der Waals surface area contributed by atoms with Crippen LogP contribution in [0.4, 0.5) is 0 Å². The lowest BCUT2D eigenvalue weighted by Crippen LogP contribution is -2.25. The molecule has 0 aliphatic heterocycles. The molecule has 2 atom stereocenters. The van der Waals surface area contributed by atoms with Crippen LogP contribution < -0.4 is 14.2 Å². The Hall–Kier alpha value is -4.78. The van der Waals surface area contributed by atoms with Crippen molar-refractivity contribution < 1.29 is 33.3 Å². The second kappa shape index (κ2) is 18.4. The van der Waals surface area contributed by atoms with Gasteiger partial charge in [0.1, 0.15) is 48.4 Å². The van der Waals surface area contributed by atoms with Gasteiger partial charge in [-0.15, -0.1) is 0 Å². The highest BCUT2D eigenvalue weighted by Crippen LogP contribution is 2.44. The minimum atomic E-state index is -0.474. The van der Waals surface area contributed by atoms with Gasteiger partial charge in [-0.3, -0.25) is 0 Å². The van der Waals surface area contributed by atoms with Crippen LogP contribution in [0, 0.1) is 0 Å². The zero-order chi connectivity index (χ0) is 33.4. The molecule has 2 unspecified atom stereocenters. The summed E-state index contributed by atoms with van der Waals surface area (Å²) in [5, 5.41) is 3.27. The number of esters is 2. The van der Waals surface area contributed by atoms with E-state index in [1.807, 2.05) is 72.8 Å². The molecule has 0 amide bonds. The molecule has 0 spiro atoms. The van der Waals surface area contributed by atoms with E-state index >= 15 is 0 Å². The fraction of sp³-hybridized carbons (Fsp3) is 0.350. The van der Waals surface area contributed by atoms with Crippen molar-refractivity contribution >= 4 is 33.5 Å². The third kappa shape index (κ3) is 10.1. The number of hydrogen-bond acceptors (Lipinski definition) is 7. The fourth-order valence-electron chi connectivity index (χ4n) is 5.45. The average Bonchev–Trinajstić information content (AvgIpc) is 3.09. The maximum absolute atomic E-state index is 12.2. The van der Waals surface area contributed by atoms with Gasteiger partial charge >= 0.3 is 11.9 Å². The van der Waals surface area contributed by atoms with Gasteiger partial charge in [0.2, 0.25) is 0 Å². The van der Waals surface area contributed by atoms with Gasteiger partial charge < -0.3 is 23.7 Å². The molecule has 0 heterocycles. The van der Waals surface area contributed by atoms with E-state index in [4.69, 9.17) is 23.7 Å². The van der Waals surface area contributed by atoms with Crippen LogP contribution in [-0.2, 0) is 19.1 Å². The van der Waals surface area contributed by atoms with Gasteiger partial charge in [0.15, 0.2) is 0 Å². The monoisotopic (exact) mass is 638 g/mol. The zero-order valence-electron chi connectivity index (χ0n) is 27.6. The number of ether oxygens (including phenoxy) is 5. The molecule has 0 aliphatic carbocycles. The second-order valence-corrected chi connectivity index (χ2v) is 11.5. The third-order valence-electron chi connectivity index (χ3n) is 7.86. The van der Waals surface area contributed by atoms with Crippen LogP contribution in [0.15, 0.2) is 98.1 Å². The van der Waals surface area contributed by atoms with Crippen molar-refractivity contribution in [1.29, 1.82) is 0 Å². The first-order chi connectivity index (χ1) is 23.0. The maximum atomic E-state index is 12.2. The van der Waals surface area contributed by atoms with E-state index < -0.39 is 24.1 Å².